The zero-order valence-electron chi connectivity index (χ0n) is 12.8. The van der Waals surface area contributed by atoms with Crippen LogP contribution in [0.4, 0.5) is 0 Å². The van der Waals surface area contributed by atoms with Crippen LogP contribution in [0.25, 0.3) is 16.8 Å². The standard InChI is InChI=1S/C19H14BrN3S/c20-16-8-6-15(7-9-16)17-12-18-19(21-10-11-23(18)22-17)24-13-14-4-2-1-3-5-14/h1-12H,13H2. The van der Waals surface area contributed by atoms with Crippen molar-refractivity contribution in [2.24, 2.45) is 0 Å². The van der Waals surface area contributed by atoms with Crippen molar-refractivity contribution in [1.29, 1.82) is 0 Å². The molecular weight excluding hydrogens is 382 g/mol. The first-order valence-corrected chi connectivity index (χ1v) is 9.34. The van der Waals surface area contributed by atoms with Crippen LogP contribution in [0.15, 0.2) is 82.6 Å². The quantitative estimate of drug-likeness (QED) is 0.430. The summed E-state index contributed by atoms with van der Waals surface area (Å²) in [6.45, 7) is 0. The van der Waals surface area contributed by atoms with Gasteiger partial charge in [0, 0.05) is 28.2 Å². The molecule has 0 aliphatic rings. The second kappa shape index (κ2) is 6.79. The molecule has 0 unspecified atom stereocenters. The lowest BCUT2D eigenvalue weighted by Gasteiger charge is -2.02. The number of rotatable bonds is 4. The third kappa shape index (κ3) is 3.23. The lowest BCUT2D eigenvalue weighted by Crippen LogP contribution is -1.91. The summed E-state index contributed by atoms with van der Waals surface area (Å²) < 4.78 is 2.97. The van der Waals surface area contributed by atoms with Gasteiger partial charge in [0.15, 0.2) is 0 Å². The predicted molar refractivity (Wildman–Crippen MR) is 102 cm³/mol. The number of hydrogen-bond acceptors (Lipinski definition) is 3. The van der Waals surface area contributed by atoms with Gasteiger partial charge in [0.05, 0.1) is 11.2 Å². The van der Waals surface area contributed by atoms with Crippen molar-refractivity contribution in [2.75, 3.05) is 0 Å². The predicted octanol–water partition coefficient (Wildman–Crippen LogP) is 5.45. The van der Waals surface area contributed by atoms with E-state index in [-0.39, 0.29) is 0 Å². The highest BCUT2D eigenvalue weighted by Gasteiger charge is 2.09. The van der Waals surface area contributed by atoms with Crippen molar-refractivity contribution in [3.63, 3.8) is 0 Å². The third-order valence-corrected chi connectivity index (χ3v) is 5.31. The Hall–Kier alpha value is -2.11. The van der Waals surface area contributed by atoms with E-state index in [4.69, 9.17) is 0 Å². The van der Waals surface area contributed by atoms with Crippen LogP contribution in [0.3, 0.4) is 0 Å². The summed E-state index contributed by atoms with van der Waals surface area (Å²) in [5.41, 5.74) is 4.38. The van der Waals surface area contributed by atoms with Gasteiger partial charge < -0.3 is 0 Å². The summed E-state index contributed by atoms with van der Waals surface area (Å²) in [5.74, 6) is 0.895. The van der Waals surface area contributed by atoms with E-state index in [2.05, 4.69) is 68.5 Å². The molecule has 24 heavy (non-hydrogen) atoms. The van der Waals surface area contributed by atoms with Crippen LogP contribution in [0.5, 0.6) is 0 Å². The average Bonchev–Trinajstić information content (AvgIpc) is 3.06. The molecule has 0 saturated carbocycles. The van der Waals surface area contributed by atoms with E-state index in [1.165, 1.54) is 5.56 Å². The van der Waals surface area contributed by atoms with Gasteiger partial charge in [-0.1, -0.05) is 70.2 Å². The summed E-state index contributed by atoms with van der Waals surface area (Å²) in [4.78, 5) is 4.54. The highest BCUT2D eigenvalue weighted by Crippen LogP contribution is 2.28. The minimum Gasteiger partial charge on any atom is -0.246 e. The molecule has 2 heterocycles. The molecule has 118 valence electrons. The number of fused-ring (bicyclic) bond motifs is 1. The van der Waals surface area contributed by atoms with Gasteiger partial charge in [-0.3, -0.25) is 0 Å². The van der Waals surface area contributed by atoms with E-state index in [9.17, 15) is 0 Å². The maximum atomic E-state index is 4.68. The SMILES string of the molecule is Brc1ccc(-c2cc3c(SCc4ccccc4)nccn3n2)cc1. The van der Waals surface area contributed by atoms with Crippen molar-refractivity contribution in [3.05, 3.63) is 83.1 Å². The van der Waals surface area contributed by atoms with Crippen LogP contribution in [0.2, 0.25) is 0 Å². The topological polar surface area (TPSA) is 30.2 Å². The van der Waals surface area contributed by atoms with Gasteiger partial charge in [-0.15, -0.1) is 0 Å². The normalized spacial score (nSPS) is 11.0. The van der Waals surface area contributed by atoms with E-state index >= 15 is 0 Å². The minimum atomic E-state index is 0.895. The first kappa shape index (κ1) is 15.4. The van der Waals surface area contributed by atoms with Crippen molar-refractivity contribution >= 4 is 33.2 Å². The van der Waals surface area contributed by atoms with Gasteiger partial charge >= 0.3 is 0 Å². The molecule has 0 amide bonds. The Morgan fingerprint density at radius 3 is 2.58 bits per heavy atom. The number of nitrogens with zero attached hydrogens (tertiary/aromatic N) is 3. The second-order valence-electron chi connectivity index (χ2n) is 5.37. The largest absolute Gasteiger partial charge is 0.246 e. The van der Waals surface area contributed by atoms with Gasteiger partial charge in [-0.05, 0) is 23.8 Å². The molecule has 0 aliphatic heterocycles. The second-order valence-corrected chi connectivity index (χ2v) is 7.25. The van der Waals surface area contributed by atoms with Crippen molar-refractivity contribution in [1.82, 2.24) is 14.6 Å². The molecule has 0 spiro atoms. The Labute approximate surface area is 152 Å². The first-order chi connectivity index (χ1) is 11.8. The molecule has 3 nitrogen and oxygen atoms in total. The Morgan fingerprint density at radius 2 is 1.79 bits per heavy atom. The monoisotopic (exact) mass is 395 g/mol. The van der Waals surface area contributed by atoms with Crippen LogP contribution in [0.1, 0.15) is 5.56 Å². The lowest BCUT2D eigenvalue weighted by molar-refractivity contribution is 0.920. The van der Waals surface area contributed by atoms with Crippen LogP contribution < -0.4 is 0 Å². The summed E-state index contributed by atoms with van der Waals surface area (Å²) >= 11 is 5.20. The fourth-order valence-corrected chi connectivity index (χ4v) is 3.69. The molecule has 0 radical (unpaired) electrons. The van der Waals surface area contributed by atoms with Crippen LogP contribution in [-0.4, -0.2) is 14.6 Å². The van der Waals surface area contributed by atoms with Crippen molar-refractivity contribution < 1.29 is 0 Å². The molecule has 0 N–H and O–H groups in total. The van der Waals surface area contributed by atoms with Crippen LogP contribution >= 0.6 is 27.7 Å². The van der Waals surface area contributed by atoms with Gasteiger partial charge in [-0.25, -0.2) is 9.50 Å². The molecule has 5 heteroatoms. The average molecular weight is 396 g/mol. The number of halogens is 1. The van der Waals surface area contributed by atoms with Crippen molar-refractivity contribution in [2.45, 2.75) is 10.8 Å². The molecule has 0 atom stereocenters. The van der Waals surface area contributed by atoms with Gasteiger partial charge in [0.25, 0.3) is 0 Å². The summed E-state index contributed by atoms with van der Waals surface area (Å²) in [6, 6.07) is 20.7. The Balaban J connectivity index is 1.66. The molecule has 0 saturated heterocycles. The first-order valence-electron chi connectivity index (χ1n) is 7.57. The molecular formula is C19H14BrN3S. The molecule has 4 rings (SSSR count). The highest BCUT2D eigenvalue weighted by atomic mass is 79.9. The zero-order valence-corrected chi connectivity index (χ0v) is 15.2. The zero-order chi connectivity index (χ0) is 16.4. The van der Waals surface area contributed by atoms with E-state index in [1.54, 1.807) is 18.0 Å². The fraction of sp³-hybridized carbons (Fsp3) is 0.0526. The molecule has 2 aromatic heterocycles. The summed E-state index contributed by atoms with van der Waals surface area (Å²) in [6.07, 6.45) is 3.70. The van der Waals surface area contributed by atoms with E-state index in [1.807, 2.05) is 28.9 Å². The Bertz CT molecular complexity index is 965. The van der Waals surface area contributed by atoms with E-state index in [0.717, 1.165) is 32.0 Å². The Kier molecular flexibility index (Phi) is 4.36. The van der Waals surface area contributed by atoms with Gasteiger partial charge in [0.1, 0.15) is 5.03 Å². The van der Waals surface area contributed by atoms with Crippen molar-refractivity contribution in [3.8, 4) is 11.3 Å². The third-order valence-electron chi connectivity index (χ3n) is 3.71. The maximum absolute atomic E-state index is 4.68. The highest BCUT2D eigenvalue weighted by molar-refractivity contribution is 9.10. The van der Waals surface area contributed by atoms with E-state index < -0.39 is 0 Å². The van der Waals surface area contributed by atoms with Gasteiger partial charge in [0.2, 0.25) is 0 Å². The number of benzene rings is 2. The van der Waals surface area contributed by atoms with Crippen LogP contribution in [0, 0.1) is 0 Å². The summed E-state index contributed by atoms with van der Waals surface area (Å²) in [5, 5.41) is 5.67. The number of aromatic nitrogens is 3. The Morgan fingerprint density at radius 1 is 1.00 bits per heavy atom. The lowest BCUT2D eigenvalue weighted by atomic mass is 10.1. The molecule has 4 aromatic rings. The fourth-order valence-electron chi connectivity index (χ4n) is 2.50. The van der Waals surface area contributed by atoms with E-state index in [0.29, 0.717) is 0 Å². The van der Waals surface area contributed by atoms with Gasteiger partial charge in [-0.2, -0.15) is 5.10 Å². The molecule has 0 bridgehead atoms. The number of hydrogen-bond donors (Lipinski definition) is 0. The summed E-state index contributed by atoms with van der Waals surface area (Å²) in [7, 11) is 0. The molecule has 0 fully saturated rings. The molecule has 2 aromatic carbocycles. The van der Waals surface area contributed by atoms with Crippen LogP contribution in [-0.2, 0) is 5.75 Å². The minimum absolute atomic E-state index is 0.895. The number of thioether (sulfide) groups is 1. The maximum Gasteiger partial charge on any atom is 0.122 e. The molecule has 0 aliphatic carbocycles. The smallest absolute Gasteiger partial charge is 0.122 e.